The average molecular weight is 619 g/mol. The molecule has 8 heteroatoms. The maximum absolute atomic E-state index is 14.4. The quantitative estimate of drug-likeness (QED) is 0.254. The number of piperidine rings is 1. The Balaban J connectivity index is 1.000. The number of benzene rings is 2. The number of hydrogen-bond donors (Lipinski definition) is 1. The smallest absolute Gasteiger partial charge is 0.276 e. The Labute approximate surface area is 266 Å². The van der Waals surface area contributed by atoms with Gasteiger partial charge in [0.05, 0.1) is 16.3 Å². The molecule has 3 aliphatic carbocycles. The molecule has 4 aromatic rings. The molecule has 2 aliphatic heterocycles. The third-order valence-electron chi connectivity index (χ3n) is 11.5. The number of carbonyl (C=O) groups is 2. The van der Waals surface area contributed by atoms with E-state index in [1.807, 2.05) is 47.4 Å². The first-order chi connectivity index (χ1) is 21.9. The second kappa shape index (κ2) is 9.98. The molecule has 1 saturated heterocycles. The number of anilines is 3. The zero-order valence-corrected chi connectivity index (χ0v) is 26.1. The van der Waals surface area contributed by atoms with Crippen molar-refractivity contribution in [2.75, 3.05) is 28.2 Å². The first-order valence-corrected chi connectivity index (χ1v) is 17.0. The van der Waals surface area contributed by atoms with E-state index < -0.39 is 5.82 Å². The van der Waals surface area contributed by atoms with Gasteiger partial charge in [-0.25, -0.2) is 9.37 Å². The van der Waals surface area contributed by atoms with E-state index in [0.29, 0.717) is 40.6 Å². The normalized spacial score (nSPS) is 27.2. The topological polar surface area (TPSA) is 65.5 Å². The second-order valence-electron chi connectivity index (χ2n) is 13.9. The number of thiophene rings is 1. The number of halogens is 1. The Morgan fingerprint density at radius 3 is 2.73 bits per heavy atom. The summed E-state index contributed by atoms with van der Waals surface area (Å²) in [7, 11) is 0. The van der Waals surface area contributed by atoms with E-state index in [2.05, 4.69) is 16.3 Å². The van der Waals surface area contributed by atoms with Gasteiger partial charge in [0.15, 0.2) is 0 Å². The number of nitrogens with one attached hydrogen (secondary N) is 1. The second-order valence-corrected chi connectivity index (χ2v) is 15.0. The number of amides is 2. The van der Waals surface area contributed by atoms with Gasteiger partial charge < -0.3 is 15.1 Å². The number of aryl methyl sites for hydroxylation is 1. The van der Waals surface area contributed by atoms with Gasteiger partial charge in [-0.3, -0.25) is 9.59 Å². The summed E-state index contributed by atoms with van der Waals surface area (Å²) in [6.07, 6.45) is 7.40. The fraction of sp³-hybridized carbons (Fsp3) is 0.378. The molecule has 4 heterocycles. The SMILES string of the molecule is Cc1cccc(F)c1NC(=O)c1cc2c(s1)-c1ccccc1N(C(=O)c1cccc(N3CC4CC5CC6CC3C6(C5)C4)n1)CC2. The van der Waals surface area contributed by atoms with Crippen LogP contribution in [-0.4, -0.2) is 35.9 Å². The largest absolute Gasteiger partial charge is 0.353 e. The number of carbonyl (C=O) groups excluding carboxylic acids is 2. The lowest BCUT2D eigenvalue weighted by atomic mass is 9.51. The van der Waals surface area contributed by atoms with Crippen LogP contribution in [0.2, 0.25) is 0 Å². The number of para-hydroxylation sites is 2. The summed E-state index contributed by atoms with van der Waals surface area (Å²) >= 11 is 1.38. The van der Waals surface area contributed by atoms with Crippen LogP contribution >= 0.6 is 11.3 Å². The first kappa shape index (κ1) is 27.3. The highest BCUT2D eigenvalue weighted by atomic mass is 32.1. The molecular formula is C37H35FN4O2S. The Kier molecular flexibility index (Phi) is 6.05. The van der Waals surface area contributed by atoms with Crippen LogP contribution in [0.4, 0.5) is 21.6 Å². The molecule has 0 radical (unpaired) electrons. The summed E-state index contributed by atoms with van der Waals surface area (Å²) in [4.78, 5) is 38.4. The van der Waals surface area contributed by atoms with Gasteiger partial charge in [-0.2, -0.15) is 0 Å². The molecule has 1 N–H and O–H groups in total. The Hall–Kier alpha value is -4.04. The Morgan fingerprint density at radius 1 is 1.00 bits per heavy atom. The predicted molar refractivity (Wildman–Crippen MR) is 176 cm³/mol. The van der Waals surface area contributed by atoms with Crippen molar-refractivity contribution >= 4 is 40.3 Å². The highest BCUT2D eigenvalue weighted by Crippen LogP contribution is 2.70. The molecule has 228 valence electrons. The first-order valence-electron chi connectivity index (χ1n) is 16.2. The van der Waals surface area contributed by atoms with Crippen molar-refractivity contribution in [1.82, 2.24) is 4.98 Å². The van der Waals surface area contributed by atoms with Crippen LogP contribution < -0.4 is 15.1 Å². The molecule has 2 aromatic heterocycles. The fourth-order valence-electron chi connectivity index (χ4n) is 9.63. The summed E-state index contributed by atoms with van der Waals surface area (Å²) in [5.74, 6) is 2.61. The number of fused-ring (bicyclic) bond motifs is 5. The molecule has 3 saturated carbocycles. The van der Waals surface area contributed by atoms with Gasteiger partial charge in [-0.1, -0.05) is 36.4 Å². The lowest BCUT2D eigenvalue weighted by Crippen LogP contribution is -2.65. The lowest BCUT2D eigenvalue weighted by molar-refractivity contribution is -0.0367. The van der Waals surface area contributed by atoms with E-state index in [1.54, 1.807) is 19.1 Å². The Bertz CT molecular complexity index is 1870. The van der Waals surface area contributed by atoms with Gasteiger partial charge in [0, 0.05) is 29.6 Å². The van der Waals surface area contributed by atoms with Crippen molar-refractivity contribution in [3.63, 3.8) is 0 Å². The molecule has 1 spiro atoms. The maximum atomic E-state index is 14.4. The lowest BCUT2D eigenvalue weighted by Gasteiger charge is -2.63. The van der Waals surface area contributed by atoms with Crippen LogP contribution in [0.3, 0.4) is 0 Å². The summed E-state index contributed by atoms with van der Waals surface area (Å²) in [6.45, 7) is 3.30. The minimum absolute atomic E-state index is 0.102. The number of aromatic nitrogens is 1. The van der Waals surface area contributed by atoms with Crippen LogP contribution in [-0.2, 0) is 6.42 Å². The van der Waals surface area contributed by atoms with Crippen LogP contribution in [0.5, 0.6) is 0 Å². The molecule has 5 atom stereocenters. The molecule has 5 aliphatic rings. The van der Waals surface area contributed by atoms with Crippen molar-refractivity contribution < 1.29 is 14.0 Å². The van der Waals surface area contributed by atoms with E-state index in [9.17, 15) is 14.0 Å². The van der Waals surface area contributed by atoms with Crippen molar-refractivity contribution in [3.05, 3.63) is 94.2 Å². The Morgan fingerprint density at radius 2 is 1.84 bits per heavy atom. The van der Waals surface area contributed by atoms with Crippen molar-refractivity contribution in [3.8, 4) is 10.4 Å². The molecule has 2 amide bonds. The van der Waals surface area contributed by atoms with Gasteiger partial charge in [-0.05, 0) is 110 Å². The van der Waals surface area contributed by atoms with E-state index in [4.69, 9.17) is 4.98 Å². The predicted octanol–water partition coefficient (Wildman–Crippen LogP) is 7.73. The van der Waals surface area contributed by atoms with Crippen LogP contribution in [0.15, 0.2) is 66.7 Å². The molecule has 2 aromatic carbocycles. The minimum atomic E-state index is -0.453. The number of hydrogen-bond acceptors (Lipinski definition) is 5. The zero-order valence-electron chi connectivity index (χ0n) is 25.3. The van der Waals surface area contributed by atoms with Gasteiger partial charge >= 0.3 is 0 Å². The van der Waals surface area contributed by atoms with Crippen molar-refractivity contribution in [2.24, 2.45) is 23.2 Å². The van der Waals surface area contributed by atoms with Gasteiger partial charge in [-0.15, -0.1) is 11.3 Å². The number of pyridine rings is 1. The number of nitrogens with zero attached hydrogens (tertiary/aromatic N) is 3. The third-order valence-corrected chi connectivity index (χ3v) is 12.7. The number of rotatable bonds is 4. The third kappa shape index (κ3) is 4.14. The molecule has 6 nitrogen and oxygen atoms in total. The fourth-order valence-corrected chi connectivity index (χ4v) is 10.8. The van der Waals surface area contributed by atoms with E-state index >= 15 is 0 Å². The van der Waals surface area contributed by atoms with Crippen molar-refractivity contribution in [2.45, 2.75) is 51.5 Å². The zero-order chi connectivity index (χ0) is 30.4. The van der Waals surface area contributed by atoms with Gasteiger partial charge in [0.1, 0.15) is 17.3 Å². The highest BCUT2D eigenvalue weighted by Gasteiger charge is 2.66. The van der Waals surface area contributed by atoms with Crippen LogP contribution in [0.1, 0.15) is 63.4 Å². The maximum Gasteiger partial charge on any atom is 0.276 e. The van der Waals surface area contributed by atoms with Gasteiger partial charge in [0.2, 0.25) is 0 Å². The van der Waals surface area contributed by atoms with E-state index in [1.165, 1.54) is 49.5 Å². The van der Waals surface area contributed by atoms with Crippen LogP contribution in [0.25, 0.3) is 10.4 Å². The molecular weight excluding hydrogens is 583 g/mol. The summed E-state index contributed by atoms with van der Waals surface area (Å²) in [5.41, 5.74) is 4.57. The monoisotopic (exact) mass is 618 g/mol. The molecule has 4 fully saturated rings. The standard InChI is InChI=1S/C37H35FN4O2S/c1-21-6-4-8-27(38)33(21)40-35(43)30-16-24-12-13-41(29-10-3-2-7-26(29)34(24)45-30)36(44)28-9-5-11-32(39-28)42-20-23-14-22-15-25-17-31(42)37(25,18-22)19-23/h2-11,16,22-23,25,31H,12-15,17-20H2,1H3,(H,40,43). The molecule has 9 rings (SSSR count). The highest BCUT2D eigenvalue weighted by molar-refractivity contribution is 7.17. The summed E-state index contributed by atoms with van der Waals surface area (Å²) < 4.78 is 14.4. The van der Waals surface area contributed by atoms with Gasteiger partial charge in [0.25, 0.3) is 11.8 Å². The summed E-state index contributed by atoms with van der Waals surface area (Å²) in [6, 6.07) is 21.0. The van der Waals surface area contributed by atoms with Crippen LogP contribution in [0, 0.1) is 35.9 Å². The average Bonchev–Trinajstić information content (AvgIpc) is 3.52. The van der Waals surface area contributed by atoms with E-state index in [-0.39, 0.29) is 17.5 Å². The molecule has 3 bridgehead atoms. The molecule has 5 unspecified atom stereocenters. The van der Waals surface area contributed by atoms with E-state index in [0.717, 1.165) is 51.8 Å². The van der Waals surface area contributed by atoms with Crippen molar-refractivity contribution in [1.29, 1.82) is 0 Å². The minimum Gasteiger partial charge on any atom is -0.353 e. The summed E-state index contributed by atoms with van der Waals surface area (Å²) in [5, 5.41) is 2.77. The molecule has 45 heavy (non-hydrogen) atoms.